The van der Waals surface area contributed by atoms with E-state index in [1.807, 2.05) is 0 Å². The first-order valence-corrected chi connectivity index (χ1v) is 4.33. The first kappa shape index (κ1) is 12.6. The molecule has 1 unspecified atom stereocenters. The van der Waals surface area contributed by atoms with Gasteiger partial charge in [0.15, 0.2) is 0 Å². The fourth-order valence-electron chi connectivity index (χ4n) is 1.17. The molecule has 0 amide bonds. The molecule has 0 aromatic heterocycles. The van der Waals surface area contributed by atoms with Gasteiger partial charge in [-0.15, -0.1) is 0 Å². The molecule has 0 radical (unpaired) electrons. The molecule has 16 heavy (non-hydrogen) atoms. The minimum Gasteiger partial charge on any atom is -0.316 e. The molecule has 0 aromatic carbocycles. The minimum atomic E-state index is -5.11. The van der Waals surface area contributed by atoms with E-state index in [2.05, 4.69) is 0 Å². The summed E-state index contributed by atoms with van der Waals surface area (Å²) >= 11 is 0. The smallest absolute Gasteiger partial charge is 0.316 e. The number of hydrogen-bond acceptors (Lipinski definition) is 2. The molecule has 1 rings (SSSR count). The zero-order chi connectivity index (χ0) is 12.6. The van der Waals surface area contributed by atoms with Crippen molar-refractivity contribution < 1.29 is 22.4 Å². The molecule has 6 heteroatoms. The number of carbonyl (C=O) groups excluding carboxylic acids is 1. The van der Waals surface area contributed by atoms with Gasteiger partial charge in [-0.1, -0.05) is 18.2 Å². The first-order valence-electron chi connectivity index (χ1n) is 4.33. The Hall–Kier alpha value is -1.43. The zero-order valence-electron chi connectivity index (χ0n) is 8.31. The molecule has 0 aromatic rings. The van der Waals surface area contributed by atoms with E-state index < -0.39 is 28.9 Å². The number of Topliss-reactive ketones (excluding diaryl/α,β-unsaturated/α-hetero) is 1. The Labute approximate surface area is 89.1 Å². The number of hydrogen-bond donors (Lipinski definition) is 1. The molecule has 1 aliphatic rings. The Bertz CT molecular complexity index is 402. The van der Waals surface area contributed by atoms with Crippen LogP contribution in [-0.4, -0.2) is 17.5 Å². The van der Waals surface area contributed by atoms with E-state index >= 15 is 0 Å². The highest BCUT2D eigenvalue weighted by molar-refractivity contribution is 6.02. The van der Waals surface area contributed by atoms with Crippen molar-refractivity contribution >= 4 is 5.78 Å². The monoisotopic (exact) mass is 235 g/mol. The van der Waals surface area contributed by atoms with E-state index in [9.17, 15) is 22.4 Å². The summed E-state index contributed by atoms with van der Waals surface area (Å²) in [6, 6.07) is 0. The molecule has 0 saturated heterocycles. The van der Waals surface area contributed by atoms with Gasteiger partial charge in [0, 0.05) is 0 Å². The van der Waals surface area contributed by atoms with Gasteiger partial charge in [0.05, 0.1) is 11.1 Å². The summed E-state index contributed by atoms with van der Waals surface area (Å²) in [7, 11) is 0. The van der Waals surface area contributed by atoms with Crippen LogP contribution in [0.3, 0.4) is 0 Å². The van der Waals surface area contributed by atoms with Gasteiger partial charge in [0.2, 0.25) is 0 Å². The number of alkyl halides is 3. The van der Waals surface area contributed by atoms with Crippen LogP contribution in [0.2, 0.25) is 0 Å². The van der Waals surface area contributed by atoms with Crippen LogP contribution in [-0.2, 0) is 4.79 Å². The molecule has 1 aliphatic carbocycles. The fourth-order valence-corrected chi connectivity index (χ4v) is 1.17. The van der Waals surface area contributed by atoms with Crippen LogP contribution in [0.1, 0.15) is 6.92 Å². The number of carbonyl (C=O) groups is 1. The quantitative estimate of drug-likeness (QED) is 0.708. The predicted molar refractivity (Wildman–Crippen MR) is 50.1 cm³/mol. The maximum absolute atomic E-state index is 13.6. The normalized spacial score (nSPS) is 25.9. The summed E-state index contributed by atoms with van der Waals surface area (Å²) in [6.45, 7) is 1.18. The lowest BCUT2D eigenvalue weighted by atomic mass is 9.97. The third-order valence-corrected chi connectivity index (χ3v) is 2.03. The molecule has 88 valence electrons. The van der Waals surface area contributed by atoms with Gasteiger partial charge in [0.1, 0.15) is 5.83 Å². The highest BCUT2D eigenvalue weighted by atomic mass is 19.4. The molecule has 0 heterocycles. The molecule has 0 bridgehead atoms. The van der Waals surface area contributed by atoms with E-state index in [-0.39, 0.29) is 0 Å². The number of allylic oxidation sites excluding steroid dienone is 4. The highest BCUT2D eigenvalue weighted by Crippen LogP contribution is 2.29. The van der Waals surface area contributed by atoms with Gasteiger partial charge in [-0.3, -0.25) is 4.79 Å². The van der Waals surface area contributed by atoms with Crippen molar-refractivity contribution in [3.05, 3.63) is 35.7 Å². The van der Waals surface area contributed by atoms with Crippen molar-refractivity contribution in [2.45, 2.75) is 18.6 Å². The van der Waals surface area contributed by atoms with E-state index in [0.29, 0.717) is 0 Å². The second kappa shape index (κ2) is 3.86. The van der Waals surface area contributed by atoms with Crippen molar-refractivity contribution in [3.8, 4) is 0 Å². The minimum absolute atomic E-state index is 0.764. The summed E-state index contributed by atoms with van der Waals surface area (Å²) in [4.78, 5) is 10.9. The van der Waals surface area contributed by atoms with Crippen LogP contribution < -0.4 is 5.73 Å². The number of halogens is 4. The Kier molecular flexibility index (Phi) is 3.05. The molecule has 2 N–H and O–H groups in total. The molecule has 0 saturated carbocycles. The van der Waals surface area contributed by atoms with E-state index in [0.717, 1.165) is 12.2 Å². The number of rotatable bonds is 1. The van der Waals surface area contributed by atoms with Crippen LogP contribution >= 0.6 is 0 Å². The van der Waals surface area contributed by atoms with Crippen molar-refractivity contribution in [3.63, 3.8) is 0 Å². The average molecular weight is 235 g/mol. The van der Waals surface area contributed by atoms with Gasteiger partial charge >= 0.3 is 6.18 Å². The van der Waals surface area contributed by atoms with Crippen molar-refractivity contribution in [2.24, 2.45) is 5.73 Å². The van der Waals surface area contributed by atoms with Crippen molar-refractivity contribution in [1.29, 1.82) is 0 Å². The van der Waals surface area contributed by atoms with Gasteiger partial charge in [-0.05, 0) is 13.0 Å². The summed E-state index contributed by atoms with van der Waals surface area (Å²) in [6.07, 6.45) is -0.750. The summed E-state index contributed by atoms with van der Waals surface area (Å²) in [5, 5.41) is 0. The third kappa shape index (κ3) is 2.38. The standard InChI is InChI=1S/C10H9F4NO/c1-9(15)5-3-2-4-6(7(9)11)8(16)10(12,13)14/h2-5H,15H2,1H3. The van der Waals surface area contributed by atoms with Gasteiger partial charge < -0.3 is 5.73 Å². The summed E-state index contributed by atoms with van der Waals surface area (Å²) < 4.78 is 50.0. The molecular formula is C10H9F4NO. The second-order valence-corrected chi connectivity index (χ2v) is 3.56. The van der Waals surface area contributed by atoms with Gasteiger partial charge in [-0.2, -0.15) is 13.2 Å². The molecule has 0 spiro atoms. The summed E-state index contributed by atoms with van der Waals surface area (Å²) in [5.74, 6) is -3.53. The molecular weight excluding hydrogens is 226 g/mol. The largest absolute Gasteiger partial charge is 0.454 e. The Morgan fingerprint density at radius 3 is 2.44 bits per heavy atom. The molecule has 2 nitrogen and oxygen atoms in total. The van der Waals surface area contributed by atoms with Crippen molar-refractivity contribution in [2.75, 3.05) is 0 Å². The SMILES string of the molecule is CC1(N)C=CC=CC(C(=O)C(F)(F)F)=C1F. The average Bonchev–Trinajstić information content (AvgIpc) is 2.25. The zero-order valence-corrected chi connectivity index (χ0v) is 8.31. The van der Waals surface area contributed by atoms with Crippen LogP contribution in [0, 0.1) is 0 Å². The predicted octanol–water partition coefficient (Wildman–Crippen LogP) is 2.18. The van der Waals surface area contributed by atoms with Gasteiger partial charge in [-0.25, -0.2) is 4.39 Å². The molecule has 0 aliphatic heterocycles. The maximum atomic E-state index is 13.6. The number of ketones is 1. The third-order valence-electron chi connectivity index (χ3n) is 2.03. The second-order valence-electron chi connectivity index (χ2n) is 3.56. The van der Waals surface area contributed by atoms with E-state index in [1.54, 1.807) is 0 Å². The Morgan fingerprint density at radius 2 is 1.94 bits per heavy atom. The lowest BCUT2D eigenvalue weighted by Gasteiger charge is -2.19. The summed E-state index contributed by atoms with van der Waals surface area (Å²) in [5.41, 5.74) is 2.65. The van der Waals surface area contributed by atoms with Gasteiger partial charge in [0.25, 0.3) is 5.78 Å². The van der Waals surface area contributed by atoms with E-state index in [4.69, 9.17) is 5.73 Å². The van der Waals surface area contributed by atoms with Crippen LogP contribution in [0.4, 0.5) is 17.6 Å². The van der Waals surface area contributed by atoms with Crippen LogP contribution in [0.5, 0.6) is 0 Å². The lowest BCUT2D eigenvalue weighted by Crippen LogP contribution is -2.37. The number of nitrogens with two attached hydrogens (primary N) is 1. The lowest BCUT2D eigenvalue weighted by molar-refractivity contribution is -0.166. The molecule has 1 atom stereocenters. The Balaban J connectivity index is 3.27. The fraction of sp³-hybridized carbons (Fsp3) is 0.300. The topological polar surface area (TPSA) is 43.1 Å². The van der Waals surface area contributed by atoms with E-state index in [1.165, 1.54) is 19.1 Å². The highest BCUT2D eigenvalue weighted by Gasteiger charge is 2.43. The van der Waals surface area contributed by atoms with Crippen LogP contribution in [0.25, 0.3) is 0 Å². The first-order chi connectivity index (χ1) is 7.16. The Morgan fingerprint density at radius 1 is 1.38 bits per heavy atom. The maximum Gasteiger partial charge on any atom is 0.454 e. The van der Waals surface area contributed by atoms with Crippen LogP contribution in [0.15, 0.2) is 35.7 Å². The molecule has 0 fully saturated rings. The van der Waals surface area contributed by atoms with Crippen molar-refractivity contribution in [1.82, 2.24) is 0 Å².